The van der Waals surface area contributed by atoms with Crippen molar-refractivity contribution < 1.29 is 9.90 Å². The fourth-order valence-corrected chi connectivity index (χ4v) is 4.72. The smallest absolute Gasteiger partial charge is 0.337 e. The van der Waals surface area contributed by atoms with E-state index in [0.717, 1.165) is 30.8 Å². The SMILES string of the molecule is O=C(O)c1cnc2c(c1)CCN(C1CCCC3(CCC3)C1)C2. The molecule has 4 heteroatoms. The van der Waals surface area contributed by atoms with Crippen LogP contribution in [0, 0.1) is 5.41 Å². The van der Waals surface area contributed by atoms with Crippen molar-refractivity contribution in [2.24, 2.45) is 5.41 Å². The molecule has 2 fully saturated rings. The van der Waals surface area contributed by atoms with Crippen molar-refractivity contribution in [3.63, 3.8) is 0 Å². The second-order valence-electron chi connectivity index (χ2n) is 7.46. The summed E-state index contributed by atoms with van der Waals surface area (Å²) >= 11 is 0. The van der Waals surface area contributed by atoms with Gasteiger partial charge in [0.25, 0.3) is 0 Å². The summed E-state index contributed by atoms with van der Waals surface area (Å²) in [5.41, 5.74) is 3.21. The van der Waals surface area contributed by atoms with Gasteiger partial charge in [0.1, 0.15) is 0 Å². The Morgan fingerprint density at radius 2 is 2.14 bits per heavy atom. The number of aromatic carboxylic acids is 1. The van der Waals surface area contributed by atoms with Crippen LogP contribution in [0.5, 0.6) is 0 Å². The van der Waals surface area contributed by atoms with Gasteiger partial charge in [0, 0.05) is 25.3 Å². The van der Waals surface area contributed by atoms with Gasteiger partial charge in [-0.1, -0.05) is 12.8 Å². The maximum Gasteiger partial charge on any atom is 0.337 e. The number of carboxylic acid groups (broad SMARTS) is 1. The Labute approximate surface area is 131 Å². The van der Waals surface area contributed by atoms with Crippen molar-refractivity contribution in [2.45, 2.75) is 64.0 Å². The first-order valence-electron chi connectivity index (χ1n) is 8.60. The lowest BCUT2D eigenvalue weighted by Gasteiger charge is -2.50. The molecular weight excluding hydrogens is 276 g/mol. The molecular formula is C18H24N2O2. The van der Waals surface area contributed by atoms with Gasteiger partial charge in [0.2, 0.25) is 0 Å². The summed E-state index contributed by atoms with van der Waals surface area (Å²) in [7, 11) is 0. The van der Waals surface area contributed by atoms with Gasteiger partial charge < -0.3 is 5.11 Å². The Morgan fingerprint density at radius 3 is 2.86 bits per heavy atom. The fourth-order valence-electron chi connectivity index (χ4n) is 4.72. The number of carboxylic acids is 1. The lowest BCUT2D eigenvalue weighted by Crippen LogP contribution is -2.47. The molecule has 22 heavy (non-hydrogen) atoms. The van der Waals surface area contributed by atoms with Gasteiger partial charge >= 0.3 is 5.97 Å². The van der Waals surface area contributed by atoms with E-state index in [4.69, 9.17) is 5.11 Å². The van der Waals surface area contributed by atoms with Crippen LogP contribution < -0.4 is 0 Å². The van der Waals surface area contributed by atoms with Crippen LogP contribution in [-0.2, 0) is 13.0 Å². The van der Waals surface area contributed by atoms with Crippen LogP contribution in [0.25, 0.3) is 0 Å². The topological polar surface area (TPSA) is 53.4 Å². The van der Waals surface area contributed by atoms with Crippen LogP contribution in [0.3, 0.4) is 0 Å². The molecule has 4 rings (SSSR count). The zero-order valence-corrected chi connectivity index (χ0v) is 13.1. The highest BCUT2D eigenvalue weighted by atomic mass is 16.4. The number of fused-ring (bicyclic) bond motifs is 1. The maximum absolute atomic E-state index is 11.1. The Hall–Kier alpha value is -1.42. The van der Waals surface area contributed by atoms with E-state index in [1.165, 1.54) is 51.1 Å². The third-order valence-corrected chi connectivity index (χ3v) is 6.17. The predicted molar refractivity (Wildman–Crippen MR) is 83.9 cm³/mol. The van der Waals surface area contributed by atoms with Gasteiger partial charge in [0.15, 0.2) is 0 Å². The standard InChI is InChI=1S/C18H24N2O2/c21-17(22)14-9-13-4-8-20(12-16(13)19-11-14)15-3-1-5-18(10-15)6-2-7-18/h9,11,15H,1-8,10,12H2,(H,21,22). The van der Waals surface area contributed by atoms with Crippen molar-refractivity contribution >= 4 is 5.97 Å². The number of hydrogen-bond donors (Lipinski definition) is 1. The van der Waals surface area contributed by atoms with Gasteiger partial charge in [-0.15, -0.1) is 0 Å². The number of nitrogens with zero attached hydrogens (tertiary/aromatic N) is 2. The van der Waals surface area contributed by atoms with E-state index >= 15 is 0 Å². The largest absolute Gasteiger partial charge is 0.478 e. The van der Waals surface area contributed by atoms with Crippen molar-refractivity contribution in [3.8, 4) is 0 Å². The number of rotatable bonds is 2. The molecule has 0 amide bonds. The number of hydrogen-bond acceptors (Lipinski definition) is 3. The third-order valence-electron chi connectivity index (χ3n) is 6.17. The predicted octanol–water partition coefficient (Wildman–Crippen LogP) is 3.25. The second-order valence-corrected chi connectivity index (χ2v) is 7.46. The molecule has 0 bridgehead atoms. The Morgan fingerprint density at radius 1 is 1.32 bits per heavy atom. The maximum atomic E-state index is 11.1. The summed E-state index contributed by atoms with van der Waals surface area (Å²) < 4.78 is 0. The summed E-state index contributed by atoms with van der Waals surface area (Å²) in [5.74, 6) is -0.878. The molecule has 1 spiro atoms. The first-order valence-corrected chi connectivity index (χ1v) is 8.60. The highest BCUT2D eigenvalue weighted by molar-refractivity contribution is 5.87. The van der Waals surface area contributed by atoms with E-state index in [1.807, 2.05) is 6.07 Å². The summed E-state index contributed by atoms with van der Waals surface area (Å²) in [4.78, 5) is 18.1. The van der Waals surface area contributed by atoms with Crippen LogP contribution in [0.2, 0.25) is 0 Å². The minimum absolute atomic E-state index is 0.318. The zero-order valence-electron chi connectivity index (χ0n) is 13.1. The highest BCUT2D eigenvalue weighted by Crippen LogP contribution is 2.52. The molecule has 1 unspecified atom stereocenters. The van der Waals surface area contributed by atoms with E-state index in [2.05, 4.69) is 9.88 Å². The minimum Gasteiger partial charge on any atom is -0.478 e. The van der Waals surface area contributed by atoms with E-state index in [-0.39, 0.29) is 0 Å². The number of pyridine rings is 1. The molecule has 118 valence electrons. The molecule has 2 aliphatic carbocycles. The minimum atomic E-state index is -0.878. The van der Waals surface area contributed by atoms with Crippen LogP contribution in [0.1, 0.15) is 66.6 Å². The highest BCUT2D eigenvalue weighted by Gasteiger charge is 2.42. The molecule has 2 heterocycles. The molecule has 4 nitrogen and oxygen atoms in total. The molecule has 2 saturated carbocycles. The van der Waals surface area contributed by atoms with Crippen LogP contribution in [0.4, 0.5) is 0 Å². The van der Waals surface area contributed by atoms with Gasteiger partial charge in [0.05, 0.1) is 11.3 Å². The Kier molecular flexibility index (Phi) is 3.44. The van der Waals surface area contributed by atoms with Crippen molar-refractivity contribution in [3.05, 3.63) is 29.1 Å². The van der Waals surface area contributed by atoms with Crippen molar-refractivity contribution in [1.82, 2.24) is 9.88 Å². The molecule has 3 aliphatic rings. The summed E-state index contributed by atoms with van der Waals surface area (Å²) in [5, 5.41) is 9.08. The van der Waals surface area contributed by atoms with Gasteiger partial charge in [-0.3, -0.25) is 9.88 Å². The average molecular weight is 300 g/mol. The van der Waals surface area contributed by atoms with Crippen molar-refractivity contribution in [2.75, 3.05) is 6.54 Å². The lowest BCUT2D eigenvalue weighted by atomic mass is 9.59. The van der Waals surface area contributed by atoms with E-state index in [0.29, 0.717) is 17.0 Å². The average Bonchev–Trinajstić information content (AvgIpc) is 2.52. The van der Waals surface area contributed by atoms with E-state index in [1.54, 1.807) is 0 Å². The summed E-state index contributed by atoms with van der Waals surface area (Å²) in [6.07, 6.45) is 12.3. The molecule has 1 N–H and O–H groups in total. The van der Waals surface area contributed by atoms with Crippen molar-refractivity contribution in [1.29, 1.82) is 0 Å². The monoisotopic (exact) mass is 300 g/mol. The molecule has 1 aliphatic heterocycles. The Bertz CT molecular complexity index is 595. The van der Waals surface area contributed by atoms with Crippen LogP contribution in [0.15, 0.2) is 12.3 Å². The quantitative estimate of drug-likeness (QED) is 0.911. The van der Waals surface area contributed by atoms with Gasteiger partial charge in [-0.2, -0.15) is 0 Å². The molecule has 1 atom stereocenters. The molecule has 1 aromatic heterocycles. The Balaban J connectivity index is 1.48. The fraction of sp³-hybridized carbons (Fsp3) is 0.667. The lowest BCUT2D eigenvalue weighted by molar-refractivity contribution is 0.0115. The van der Waals surface area contributed by atoms with Crippen LogP contribution >= 0.6 is 0 Å². The summed E-state index contributed by atoms with van der Waals surface area (Å²) in [6.45, 7) is 1.95. The van der Waals surface area contributed by atoms with E-state index < -0.39 is 5.97 Å². The number of carbonyl (C=O) groups is 1. The normalized spacial score (nSPS) is 27.2. The molecule has 0 aromatic carbocycles. The second kappa shape index (κ2) is 5.34. The first kappa shape index (κ1) is 14.2. The third kappa shape index (κ3) is 2.43. The zero-order chi connectivity index (χ0) is 15.2. The first-order chi connectivity index (χ1) is 10.7. The molecule has 0 radical (unpaired) electrons. The number of aromatic nitrogens is 1. The molecule has 1 aromatic rings. The van der Waals surface area contributed by atoms with E-state index in [9.17, 15) is 4.79 Å². The van der Waals surface area contributed by atoms with Crippen LogP contribution in [-0.4, -0.2) is 33.5 Å². The summed E-state index contributed by atoms with van der Waals surface area (Å²) in [6, 6.07) is 2.53. The molecule has 0 saturated heterocycles. The van der Waals surface area contributed by atoms with Gasteiger partial charge in [-0.25, -0.2) is 4.79 Å². The van der Waals surface area contributed by atoms with Gasteiger partial charge in [-0.05, 0) is 55.6 Å².